The molecule has 0 heterocycles. The highest BCUT2D eigenvalue weighted by Gasteiger charge is 1.99. The van der Waals surface area contributed by atoms with Gasteiger partial charge < -0.3 is 4.74 Å². The average molecular weight is 250 g/mol. The number of rotatable bonds is 3. The molecule has 0 aliphatic rings. The predicted octanol–water partition coefficient (Wildman–Crippen LogP) is 3.67. The first-order chi connectivity index (χ1) is 6.59. The minimum atomic E-state index is -0.266. The third-order valence-electron chi connectivity index (χ3n) is 1.22. The zero-order chi connectivity index (χ0) is 10.6. The topological polar surface area (TPSA) is 9.23 Å². The molecule has 0 spiro atoms. The van der Waals surface area contributed by atoms with Crippen molar-refractivity contribution in [2.45, 2.75) is 0 Å². The summed E-state index contributed by atoms with van der Waals surface area (Å²) in [5.41, 5.74) is 0. The van der Waals surface area contributed by atoms with Gasteiger partial charge in [0.25, 0.3) is 0 Å². The van der Waals surface area contributed by atoms with Crippen molar-refractivity contribution in [3.05, 3.63) is 40.3 Å². The minimum Gasteiger partial charge on any atom is -0.488 e. The lowest BCUT2D eigenvalue weighted by Crippen LogP contribution is -1.92. The predicted molar refractivity (Wildman–Crippen MR) is 54.8 cm³/mol. The summed E-state index contributed by atoms with van der Waals surface area (Å²) in [6.07, 6.45) is 1.35. The van der Waals surface area contributed by atoms with E-state index in [9.17, 15) is 0 Å². The molecular formula is C9H8BrClO. The largest absolute Gasteiger partial charge is 0.488 e. The average Bonchev–Trinajstić information content (AvgIpc) is 2.08. The van der Waals surface area contributed by atoms with Crippen molar-refractivity contribution in [3.8, 4) is 5.75 Å². The molecule has 0 bridgehead atoms. The molecule has 0 unspecified atom stereocenters. The lowest BCUT2D eigenvalue weighted by Gasteiger charge is -2.04. The SMILES string of the molecule is [2H]C([2H])=CCOc1ccc(Br)cc1Cl. The van der Waals surface area contributed by atoms with Gasteiger partial charge in [-0.1, -0.05) is 40.1 Å². The van der Waals surface area contributed by atoms with Gasteiger partial charge in [-0.25, -0.2) is 0 Å². The zero-order valence-electron chi connectivity index (χ0n) is 8.18. The van der Waals surface area contributed by atoms with E-state index in [1.807, 2.05) is 6.07 Å². The van der Waals surface area contributed by atoms with Crippen LogP contribution in [0.3, 0.4) is 0 Å². The second kappa shape index (κ2) is 4.53. The van der Waals surface area contributed by atoms with Crippen LogP contribution in [0.2, 0.25) is 5.02 Å². The van der Waals surface area contributed by atoms with E-state index in [4.69, 9.17) is 19.1 Å². The van der Waals surface area contributed by atoms with E-state index in [-0.39, 0.29) is 13.1 Å². The van der Waals surface area contributed by atoms with Crippen molar-refractivity contribution >= 4 is 27.5 Å². The molecule has 0 amide bonds. The number of benzene rings is 1. The van der Waals surface area contributed by atoms with E-state index in [1.54, 1.807) is 12.1 Å². The maximum atomic E-state index is 6.84. The first kappa shape index (κ1) is 6.98. The Kier molecular flexibility index (Phi) is 2.64. The number of halogens is 2. The Bertz CT molecular complexity index is 351. The molecule has 1 aromatic carbocycles. The first-order valence-corrected chi connectivity index (χ1v) is 4.48. The van der Waals surface area contributed by atoms with Gasteiger partial charge in [-0.05, 0) is 18.2 Å². The highest BCUT2D eigenvalue weighted by molar-refractivity contribution is 9.10. The van der Waals surface area contributed by atoms with Gasteiger partial charge in [0.05, 0.1) is 7.76 Å². The Labute approximate surface area is 87.9 Å². The molecule has 0 aromatic heterocycles. The third kappa shape index (κ3) is 2.54. The Hall–Kier alpha value is -0.470. The molecule has 1 nitrogen and oxygen atoms in total. The smallest absolute Gasteiger partial charge is 0.138 e. The zero-order valence-corrected chi connectivity index (χ0v) is 8.52. The van der Waals surface area contributed by atoms with Crippen molar-refractivity contribution in [1.29, 1.82) is 0 Å². The fourth-order valence-electron chi connectivity index (χ4n) is 0.724. The van der Waals surface area contributed by atoms with Crippen LogP contribution in [0.5, 0.6) is 5.75 Å². The molecule has 0 aliphatic heterocycles. The summed E-state index contributed by atoms with van der Waals surface area (Å²) in [5, 5.41) is 0.504. The van der Waals surface area contributed by atoms with E-state index in [0.717, 1.165) is 4.47 Å². The monoisotopic (exact) mass is 248 g/mol. The van der Waals surface area contributed by atoms with Crippen molar-refractivity contribution < 1.29 is 7.48 Å². The molecular weight excluding hydrogens is 239 g/mol. The Balaban J connectivity index is 2.64. The fourth-order valence-corrected chi connectivity index (χ4v) is 1.45. The lowest BCUT2D eigenvalue weighted by molar-refractivity contribution is 0.363. The standard InChI is InChI=1S/C9H8BrClO/c1-2-5-12-9-4-3-7(10)6-8(9)11/h2-4,6H,1,5H2/i1D2. The van der Waals surface area contributed by atoms with Gasteiger partial charge in [0, 0.05) is 4.47 Å². The van der Waals surface area contributed by atoms with E-state index < -0.39 is 0 Å². The van der Waals surface area contributed by atoms with Crippen molar-refractivity contribution in [2.24, 2.45) is 0 Å². The van der Waals surface area contributed by atoms with Crippen molar-refractivity contribution in [2.75, 3.05) is 6.61 Å². The van der Waals surface area contributed by atoms with Gasteiger partial charge >= 0.3 is 0 Å². The van der Waals surface area contributed by atoms with Gasteiger partial charge in [-0.3, -0.25) is 0 Å². The van der Waals surface area contributed by atoms with E-state index >= 15 is 0 Å². The molecule has 64 valence electrons. The van der Waals surface area contributed by atoms with E-state index in [2.05, 4.69) is 15.9 Å². The van der Waals surface area contributed by atoms with Crippen molar-refractivity contribution in [1.82, 2.24) is 0 Å². The lowest BCUT2D eigenvalue weighted by atomic mass is 10.3. The molecule has 0 aliphatic carbocycles. The van der Waals surface area contributed by atoms with Crippen LogP contribution >= 0.6 is 27.5 Å². The summed E-state index contributed by atoms with van der Waals surface area (Å²) in [6.45, 7) is -0.0813. The second-order valence-corrected chi connectivity index (χ2v) is 3.41. The number of hydrogen-bond acceptors (Lipinski definition) is 1. The molecule has 0 atom stereocenters. The molecule has 0 N–H and O–H groups in total. The molecule has 0 saturated carbocycles. The molecule has 0 radical (unpaired) electrons. The summed E-state index contributed by atoms with van der Waals surface area (Å²) in [6, 6.07) is 5.27. The minimum absolute atomic E-state index is 0.184. The molecule has 0 fully saturated rings. The van der Waals surface area contributed by atoms with Gasteiger partial charge in [-0.2, -0.15) is 0 Å². The highest BCUT2D eigenvalue weighted by Crippen LogP contribution is 2.27. The summed E-state index contributed by atoms with van der Waals surface area (Å²) in [5.74, 6) is 0.548. The molecule has 1 rings (SSSR count). The van der Waals surface area contributed by atoms with Crippen LogP contribution in [-0.4, -0.2) is 6.61 Å². The number of hydrogen-bond donors (Lipinski definition) is 0. The molecule has 12 heavy (non-hydrogen) atoms. The van der Waals surface area contributed by atoms with Crippen LogP contribution in [0.1, 0.15) is 2.74 Å². The van der Waals surface area contributed by atoms with Crippen LogP contribution in [0.4, 0.5) is 0 Å². The van der Waals surface area contributed by atoms with Crippen LogP contribution in [-0.2, 0) is 0 Å². The van der Waals surface area contributed by atoms with Gasteiger partial charge in [0.2, 0.25) is 0 Å². The summed E-state index contributed by atoms with van der Waals surface area (Å²) < 4.78 is 19.8. The highest BCUT2D eigenvalue weighted by atomic mass is 79.9. The maximum absolute atomic E-state index is 6.84. The Morgan fingerprint density at radius 3 is 3.25 bits per heavy atom. The second-order valence-electron chi connectivity index (χ2n) is 2.09. The van der Waals surface area contributed by atoms with Crippen LogP contribution in [0.25, 0.3) is 0 Å². The van der Waals surface area contributed by atoms with Gasteiger partial charge in [0.15, 0.2) is 0 Å². The van der Waals surface area contributed by atoms with Crippen LogP contribution in [0.15, 0.2) is 35.3 Å². The molecule has 0 saturated heterocycles. The summed E-state index contributed by atoms with van der Waals surface area (Å²) in [4.78, 5) is 0. The summed E-state index contributed by atoms with van der Waals surface area (Å²) in [7, 11) is 0. The maximum Gasteiger partial charge on any atom is 0.138 e. The normalized spacial score (nSPS) is 11.5. The fraction of sp³-hybridized carbons (Fsp3) is 0.111. The Morgan fingerprint density at radius 2 is 2.58 bits per heavy atom. The van der Waals surface area contributed by atoms with Crippen LogP contribution in [0, 0.1) is 0 Å². The van der Waals surface area contributed by atoms with E-state index in [1.165, 1.54) is 6.08 Å². The van der Waals surface area contributed by atoms with Gasteiger partial charge in [-0.15, -0.1) is 0 Å². The Morgan fingerprint density at radius 1 is 1.75 bits per heavy atom. The quantitative estimate of drug-likeness (QED) is 0.743. The molecule has 1 aromatic rings. The van der Waals surface area contributed by atoms with Gasteiger partial charge in [0.1, 0.15) is 12.4 Å². The summed E-state index contributed by atoms with van der Waals surface area (Å²) >= 11 is 9.15. The van der Waals surface area contributed by atoms with Crippen molar-refractivity contribution in [3.63, 3.8) is 0 Å². The van der Waals surface area contributed by atoms with Crippen LogP contribution < -0.4 is 4.74 Å². The van der Waals surface area contributed by atoms with E-state index in [0.29, 0.717) is 10.8 Å². The number of ether oxygens (including phenoxy) is 1. The third-order valence-corrected chi connectivity index (χ3v) is 2.00. The first-order valence-electron chi connectivity index (χ1n) is 4.31. The molecule has 3 heteroatoms.